The molecule has 0 radical (unpaired) electrons. The Labute approximate surface area is 161 Å². The minimum atomic E-state index is 0.0673. The number of benzene rings is 1. The van der Waals surface area contributed by atoms with E-state index in [4.69, 9.17) is 11.6 Å². The van der Waals surface area contributed by atoms with Gasteiger partial charge in [0, 0.05) is 59.4 Å². The fraction of sp³-hybridized carbons (Fsp3) is 0.333. The highest BCUT2D eigenvalue weighted by Crippen LogP contribution is 2.35. The summed E-state index contributed by atoms with van der Waals surface area (Å²) < 4.78 is 3.86. The van der Waals surface area contributed by atoms with Crippen molar-refractivity contribution in [3.63, 3.8) is 0 Å². The molecular formula is C21H20ClN3O2. The monoisotopic (exact) mass is 381 g/mol. The van der Waals surface area contributed by atoms with E-state index in [1.807, 2.05) is 56.6 Å². The summed E-state index contributed by atoms with van der Waals surface area (Å²) in [5, 5.41) is 1.67. The van der Waals surface area contributed by atoms with Crippen LogP contribution in [0.3, 0.4) is 0 Å². The number of pyridine rings is 1. The number of halogens is 1. The van der Waals surface area contributed by atoms with Crippen molar-refractivity contribution in [1.82, 2.24) is 14.0 Å². The van der Waals surface area contributed by atoms with E-state index < -0.39 is 0 Å². The lowest BCUT2D eigenvalue weighted by molar-refractivity contribution is -0.134. The highest BCUT2D eigenvalue weighted by Gasteiger charge is 2.36. The Kier molecular flexibility index (Phi) is 3.86. The quantitative estimate of drug-likeness (QED) is 0.684. The smallest absolute Gasteiger partial charge is 0.250 e. The highest BCUT2D eigenvalue weighted by molar-refractivity contribution is 6.35. The van der Waals surface area contributed by atoms with Gasteiger partial charge in [0.2, 0.25) is 5.91 Å². The summed E-state index contributed by atoms with van der Waals surface area (Å²) >= 11 is 6.24. The van der Waals surface area contributed by atoms with Crippen LogP contribution >= 0.6 is 11.6 Å². The molecule has 0 spiro atoms. The number of fused-ring (bicyclic) bond motifs is 5. The first kappa shape index (κ1) is 16.6. The van der Waals surface area contributed by atoms with Gasteiger partial charge >= 0.3 is 0 Å². The van der Waals surface area contributed by atoms with E-state index in [-0.39, 0.29) is 17.4 Å². The lowest BCUT2D eigenvalue weighted by atomic mass is 9.83. The van der Waals surface area contributed by atoms with Crippen molar-refractivity contribution in [2.24, 2.45) is 5.92 Å². The number of aromatic nitrogens is 2. The van der Waals surface area contributed by atoms with Crippen LogP contribution in [0.4, 0.5) is 0 Å². The summed E-state index contributed by atoms with van der Waals surface area (Å²) in [5.74, 6) is 0.705. The highest BCUT2D eigenvalue weighted by atomic mass is 35.5. The average Bonchev–Trinajstić information content (AvgIpc) is 3.07. The van der Waals surface area contributed by atoms with Crippen LogP contribution in [0, 0.1) is 5.92 Å². The van der Waals surface area contributed by atoms with Crippen molar-refractivity contribution in [2.75, 3.05) is 13.1 Å². The topological polar surface area (TPSA) is 47.2 Å². The zero-order valence-corrected chi connectivity index (χ0v) is 15.6. The molecular weight excluding hydrogens is 362 g/mol. The van der Waals surface area contributed by atoms with Crippen molar-refractivity contribution < 1.29 is 4.79 Å². The molecule has 138 valence electrons. The number of carbonyl (C=O) groups excluding carboxylic acids is 1. The summed E-state index contributed by atoms with van der Waals surface area (Å²) in [5.41, 5.74) is 2.11. The Balaban J connectivity index is 1.39. The second-order valence-corrected chi connectivity index (χ2v) is 8.02. The molecule has 5 rings (SSSR count). The molecule has 1 fully saturated rings. The van der Waals surface area contributed by atoms with Crippen LogP contribution in [0.25, 0.3) is 10.9 Å². The van der Waals surface area contributed by atoms with E-state index in [2.05, 4.69) is 0 Å². The summed E-state index contributed by atoms with van der Waals surface area (Å²) in [6, 6.07) is 13.2. The Morgan fingerprint density at radius 3 is 2.81 bits per heavy atom. The average molecular weight is 382 g/mol. The molecule has 6 heteroatoms. The van der Waals surface area contributed by atoms with Crippen molar-refractivity contribution in [1.29, 1.82) is 0 Å². The van der Waals surface area contributed by atoms with Gasteiger partial charge in [-0.3, -0.25) is 9.59 Å². The van der Waals surface area contributed by atoms with Crippen LogP contribution < -0.4 is 5.56 Å². The second kappa shape index (κ2) is 6.27. The van der Waals surface area contributed by atoms with Gasteiger partial charge in [0.15, 0.2) is 0 Å². The van der Waals surface area contributed by atoms with E-state index in [0.29, 0.717) is 30.6 Å². The van der Waals surface area contributed by atoms with Gasteiger partial charge in [0.25, 0.3) is 5.56 Å². The molecule has 0 aliphatic carbocycles. The molecule has 27 heavy (non-hydrogen) atoms. The predicted molar refractivity (Wildman–Crippen MR) is 105 cm³/mol. The third-order valence-electron chi connectivity index (χ3n) is 5.90. The molecule has 0 saturated carbocycles. The van der Waals surface area contributed by atoms with Gasteiger partial charge in [0.05, 0.1) is 0 Å². The molecule has 1 amide bonds. The molecule has 0 N–H and O–H groups in total. The first-order valence-electron chi connectivity index (χ1n) is 9.31. The normalized spacial score (nSPS) is 21.3. The van der Waals surface area contributed by atoms with E-state index in [1.54, 1.807) is 6.07 Å². The molecule has 2 aliphatic heterocycles. The molecule has 2 bridgehead atoms. The summed E-state index contributed by atoms with van der Waals surface area (Å²) in [4.78, 5) is 27.1. The summed E-state index contributed by atoms with van der Waals surface area (Å²) in [7, 11) is 0. The molecule has 5 nitrogen and oxygen atoms in total. The van der Waals surface area contributed by atoms with Crippen molar-refractivity contribution in [3.05, 3.63) is 69.7 Å². The Hall–Kier alpha value is -2.53. The molecule has 1 aromatic carbocycles. The number of likely N-dealkylation sites (tertiary alicyclic amines) is 1. The SMILES string of the molecule is O=C(Cn1ccc2c(Cl)cccc21)N1C[C@H]2C[C@@H](C1)c1cccc(=O)n1C2. The Morgan fingerprint density at radius 1 is 1.07 bits per heavy atom. The number of piperidine rings is 1. The van der Waals surface area contributed by atoms with Gasteiger partial charge in [-0.15, -0.1) is 0 Å². The third kappa shape index (κ3) is 2.77. The molecule has 2 atom stereocenters. The summed E-state index contributed by atoms with van der Waals surface area (Å²) in [6.45, 7) is 2.41. The van der Waals surface area contributed by atoms with Crippen LogP contribution in [0.5, 0.6) is 0 Å². The number of hydrogen-bond donors (Lipinski definition) is 0. The zero-order valence-electron chi connectivity index (χ0n) is 14.8. The first-order valence-corrected chi connectivity index (χ1v) is 9.69. The van der Waals surface area contributed by atoms with Crippen LogP contribution in [0.15, 0.2) is 53.5 Å². The zero-order chi connectivity index (χ0) is 18.5. The predicted octanol–water partition coefficient (Wildman–Crippen LogP) is 3.10. The Bertz CT molecular complexity index is 1100. The van der Waals surface area contributed by atoms with Crippen molar-refractivity contribution in [3.8, 4) is 0 Å². The minimum absolute atomic E-state index is 0.0673. The molecule has 2 aromatic heterocycles. The molecule has 0 unspecified atom stereocenters. The van der Waals surface area contributed by atoms with Crippen LogP contribution in [0.2, 0.25) is 5.02 Å². The van der Waals surface area contributed by atoms with Crippen molar-refractivity contribution >= 4 is 28.4 Å². The maximum Gasteiger partial charge on any atom is 0.250 e. The van der Waals surface area contributed by atoms with Gasteiger partial charge in [-0.25, -0.2) is 0 Å². The van der Waals surface area contributed by atoms with Crippen LogP contribution in [0.1, 0.15) is 18.0 Å². The summed E-state index contributed by atoms with van der Waals surface area (Å²) in [6.07, 6.45) is 2.98. The maximum atomic E-state index is 13.0. The van der Waals surface area contributed by atoms with E-state index >= 15 is 0 Å². The van der Waals surface area contributed by atoms with Gasteiger partial charge in [-0.05, 0) is 36.6 Å². The minimum Gasteiger partial charge on any atom is -0.340 e. The fourth-order valence-electron chi connectivity index (χ4n) is 4.67. The first-order chi connectivity index (χ1) is 13.1. The molecule has 2 aliphatic rings. The lowest BCUT2D eigenvalue weighted by Crippen LogP contribution is -2.49. The van der Waals surface area contributed by atoms with E-state index in [1.165, 1.54) is 0 Å². The van der Waals surface area contributed by atoms with Gasteiger partial charge < -0.3 is 14.0 Å². The second-order valence-electron chi connectivity index (χ2n) is 7.61. The molecule has 1 saturated heterocycles. The van der Waals surface area contributed by atoms with Gasteiger partial charge in [0.1, 0.15) is 6.54 Å². The maximum absolute atomic E-state index is 13.0. The van der Waals surface area contributed by atoms with Crippen LogP contribution in [-0.4, -0.2) is 33.0 Å². The number of carbonyl (C=O) groups is 1. The van der Waals surface area contributed by atoms with Gasteiger partial charge in [-0.2, -0.15) is 0 Å². The number of nitrogens with zero attached hydrogens (tertiary/aromatic N) is 3. The largest absolute Gasteiger partial charge is 0.340 e. The Morgan fingerprint density at radius 2 is 1.93 bits per heavy atom. The number of rotatable bonds is 2. The van der Waals surface area contributed by atoms with E-state index in [9.17, 15) is 9.59 Å². The lowest BCUT2D eigenvalue weighted by Gasteiger charge is -2.42. The third-order valence-corrected chi connectivity index (χ3v) is 6.23. The number of hydrogen-bond acceptors (Lipinski definition) is 2. The van der Waals surface area contributed by atoms with Gasteiger partial charge in [-0.1, -0.05) is 23.7 Å². The molecule has 3 aromatic rings. The van der Waals surface area contributed by atoms with Crippen molar-refractivity contribution in [2.45, 2.75) is 25.4 Å². The molecule has 4 heterocycles. The number of amides is 1. The van der Waals surface area contributed by atoms with E-state index in [0.717, 1.165) is 29.6 Å². The van der Waals surface area contributed by atoms with Crippen LogP contribution in [-0.2, 0) is 17.9 Å². The standard InChI is InChI=1S/C21H20ClN3O2/c22-17-3-1-5-19-16(17)7-8-23(19)13-21(27)24-10-14-9-15(12-24)18-4-2-6-20(26)25(18)11-14/h1-8,14-15H,9-13H2/t14-,15+/m1/s1. The fourth-order valence-corrected chi connectivity index (χ4v) is 4.90.